The van der Waals surface area contributed by atoms with Crippen molar-refractivity contribution in [2.75, 3.05) is 5.32 Å². The van der Waals surface area contributed by atoms with Gasteiger partial charge in [0.2, 0.25) is 0 Å². The lowest BCUT2D eigenvalue weighted by atomic mass is 10.1. The molecule has 0 saturated heterocycles. The van der Waals surface area contributed by atoms with Gasteiger partial charge in [0.1, 0.15) is 5.75 Å². The zero-order chi connectivity index (χ0) is 13.8. The Hall–Kier alpha value is -2.75. The number of phenols is 1. The van der Waals surface area contributed by atoms with Crippen molar-refractivity contribution < 1.29 is 5.11 Å². The summed E-state index contributed by atoms with van der Waals surface area (Å²) in [5.41, 5.74) is 4.15. The van der Waals surface area contributed by atoms with Gasteiger partial charge in [0.05, 0.1) is 5.69 Å². The van der Waals surface area contributed by atoms with Crippen LogP contribution >= 0.6 is 0 Å². The Morgan fingerprint density at radius 3 is 2.75 bits per heavy atom. The summed E-state index contributed by atoms with van der Waals surface area (Å²) in [6, 6.07) is 17.3. The summed E-state index contributed by atoms with van der Waals surface area (Å²) in [5, 5.41) is 19.7. The molecule has 0 aliphatic rings. The Balaban J connectivity index is 1.73. The minimum absolute atomic E-state index is 0.288. The predicted octanol–water partition coefficient (Wildman–Crippen LogP) is 3.39. The normalized spacial score (nSPS) is 10.4. The summed E-state index contributed by atoms with van der Waals surface area (Å²) in [4.78, 5) is 0. The van der Waals surface area contributed by atoms with Crippen LogP contribution in [0.15, 0.2) is 60.8 Å². The number of hydrogen-bond donors (Lipinski definition) is 3. The number of rotatable bonds is 4. The number of benzene rings is 2. The average Bonchev–Trinajstić information content (AvgIpc) is 3.00. The van der Waals surface area contributed by atoms with Gasteiger partial charge in [-0.3, -0.25) is 5.10 Å². The van der Waals surface area contributed by atoms with Gasteiger partial charge in [0, 0.05) is 24.0 Å². The topological polar surface area (TPSA) is 60.9 Å². The summed E-state index contributed by atoms with van der Waals surface area (Å²) in [7, 11) is 0. The molecule has 0 amide bonds. The smallest absolute Gasteiger partial charge is 0.115 e. The maximum absolute atomic E-state index is 9.44. The quantitative estimate of drug-likeness (QED) is 0.677. The summed E-state index contributed by atoms with van der Waals surface area (Å²) >= 11 is 0. The molecule has 100 valence electrons. The Labute approximate surface area is 117 Å². The van der Waals surface area contributed by atoms with Gasteiger partial charge in [-0.15, -0.1) is 0 Å². The van der Waals surface area contributed by atoms with Gasteiger partial charge in [-0.1, -0.05) is 24.3 Å². The van der Waals surface area contributed by atoms with E-state index in [9.17, 15) is 5.11 Å². The van der Waals surface area contributed by atoms with E-state index in [1.807, 2.05) is 36.4 Å². The van der Waals surface area contributed by atoms with Gasteiger partial charge >= 0.3 is 0 Å². The number of hydrogen-bond acceptors (Lipinski definition) is 3. The summed E-state index contributed by atoms with van der Waals surface area (Å²) in [5.74, 6) is 0.288. The van der Waals surface area contributed by atoms with E-state index in [0.29, 0.717) is 6.54 Å². The molecular weight excluding hydrogens is 250 g/mol. The molecule has 0 spiro atoms. The molecule has 1 aromatic heterocycles. The van der Waals surface area contributed by atoms with E-state index in [1.54, 1.807) is 18.3 Å². The largest absolute Gasteiger partial charge is 0.508 e. The lowest BCUT2D eigenvalue weighted by molar-refractivity contribution is 0.474. The monoisotopic (exact) mass is 265 g/mol. The maximum Gasteiger partial charge on any atom is 0.115 e. The third-order valence-corrected chi connectivity index (χ3v) is 3.08. The van der Waals surface area contributed by atoms with Gasteiger partial charge in [-0.2, -0.15) is 5.10 Å². The Bertz CT molecular complexity index is 692. The van der Waals surface area contributed by atoms with Crippen molar-refractivity contribution >= 4 is 5.69 Å². The number of aromatic nitrogens is 2. The van der Waals surface area contributed by atoms with Gasteiger partial charge in [0.15, 0.2) is 0 Å². The molecule has 0 aliphatic carbocycles. The van der Waals surface area contributed by atoms with Crippen LogP contribution in [0.5, 0.6) is 5.75 Å². The minimum Gasteiger partial charge on any atom is -0.508 e. The number of H-pyrrole nitrogens is 1. The van der Waals surface area contributed by atoms with Gasteiger partial charge in [-0.25, -0.2) is 0 Å². The van der Waals surface area contributed by atoms with Crippen LogP contribution in [0, 0.1) is 0 Å². The molecule has 0 radical (unpaired) electrons. The first-order valence-corrected chi connectivity index (χ1v) is 6.43. The zero-order valence-corrected chi connectivity index (χ0v) is 10.9. The van der Waals surface area contributed by atoms with E-state index < -0.39 is 0 Å². The first-order chi connectivity index (χ1) is 9.81. The number of aromatic hydroxyl groups is 1. The van der Waals surface area contributed by atoms with Crippen LogP contribution in [0.4, 0.5) is 5.69 Å². The van der Waals surface area contributed by atoms with E-state index in [2.05, 4.69) is 21.6 Å². The Morgan fingerprint density at radius 2 is 1.95 bits per heavy atom. The highest BCUT2D eigenvalue weighted by Crippen LogP contribution is 2.21. The minimum atomic E-state index is 0.288. The number of aromatic amines is 1. The number of nitrogens with one attached hydrogen (secondary N) is 2. The molecule has 4 nitrogen and oxygen atoms in total. The van der Waals surface area contributed by atoms with Crippen LogP contribution in [0.25, 0.3) is 11.3 Å². The van der Waals surface area contributed by atoms with Crippen molar-refractivity contribution in [1.82, 2.24) is 10.2 Å². The molecule has 0 atom stereocenters. The zero-order valence-electron chi connectivity index (χ0n) is 10.9. The first kappa shape index (κ1) is 12.3. The molecule has 3 rings (SSSR count). The summed E-state index contributed by atoms with van der Waals surface area (Å²) < 4.78 is 0. The van der Waals surface area contributed by atoms with Crippen molar-refractivity contribution in [3.05, 3.63) is 66.4 Å². The molecular formula is C16H15N3O. The standard InChI is InChI=1S/C16H15N3O/c20-15-6-1-3-12(9-15)11-17-14-5-2-4-13(10-14)16-7-8-18-19-16/h1-10,17,20H,11H2,(H,18,19). The lowest BCUT2D eigenvalue weighted by Gasteiger charge is -2.08. The number of phenolic OH excluding ortho intramolecular Hbond substituents is 1. The highest BCUT2D eigenvalue weighted by atomic mass is 16.3. The van der Waals surface area contributed by atoms with Crippen molar-refractivity contribution in [2.45, 2.75) is 6.54 Å². The van der Waals surface area contributed by atoms with E-state index in [-0.39, 0.29) is 5.75 Å². The van der Waals surface area contributed by atoms with E-state index in [1.165, 1.54) is 0 Å². The van der Waals surface area contributed by atoms with Crippen LogP contribution in [0.2, 0.25) is 0 Å². The highest BCUT2D eigenvalue weighted by Gasteiger charge is 2.00. The van der Waals surface area contributed by atoms with Crippen LogP contribution in [0.1, 0.15) is 5.56 Å². The molecule has 0 unspecified atom stereocenters. The molecule has 0 bridgehead atoms. The van der Waals surface area contributed by atoms with Gasteiger partial charge in [0.25, 0.3) is 0 Å². The molecule has 2 aromatic carbocycles. The lowest BCUT2D eigenvalue weighted by Crippen LogP contribution is -1.99. The van der Waals surface area contributed by atoms with Crippen molar-refractivity contribution in [1.29, 1.82) is 0 Å². The number of anilines is 1. The summed E-state index contributed by atoms with van der Waals surface area (Å²) in [6.07, 6.45) is 1.74. The fourth-order valence-corrected chi connectivity index (χ4v) is 2.08. The second-order valence-corrected chi connectivity index (χ2v) is 4.57. The van der Waals surface area contributed by atoms with Gasteiger partial charge in [-0.05, 0) is 35.9 Å². The second-order valence-electron chi connectivity index (χ2n) is 4.57. The van der Waals surface area contributed by atoms with Gasteiger partial charge < -0.3 is 10.4 Å². The average molecular weight is 265 g/mol. The van der Waals surface area contributed by atoms with Crippen molar-refractivity contribution in [3.63, 3.8) is 0 Å². The van der Waals surface area contributed by atoms with Crippen LogP contribution in [-0.2, 0) is 6.54 Å². The molecule has 1 heterocycles. The highest BCUT2D eigenvalue weighted by molar-refractivity contribution is 5.64. The fourth-order valence-electron chi connectivity index (χ4n) is 2.08. The fraction of sp³-hybridized carbons (Fsp3) is 0.0625. The molecule has 20 heavy (non-hydrogen) atoms. The van der Waals surface area contributed by atoms with Crippen LogP contribution in [0.3, 0.4) is 0 Å². The summed E-state index contributed by atoms with van der Waals surface area (Å²) in [6.45, 7) is 0.667. The van der Waals surface area contributed by atoms with Crippen LogP contribution in [-0.4, -0.2) is 15.3 Å². The molecule has 4 heteroatoms. The molecule has 0 saturated carbocycles. The molecule has 0 fully saturated rings. The third kappa shape index (κ3) is 2.80. The molecule has 3 aromatic rings. The maximum atomic E-state index is 9.44. The first-order valence-electron chi connectivity index (χ1n) is 6.43. The SMILES string of the molecule is Oc1cccc(CNc2cccc(-c3ccn[nH]3)c2)c1. The van der Waals surface area contributed by atoms with E-state index in [0.717, 1.165) is 22.5 Å². The van der Waals surface area contributed by atoms with E-state index in [4.69, 9.17) is 0 Å². The molecule has 3 N–H and O–H groups in total. The van der Waals surface area contributed by atoms with Crippen LogP contribution < -0.4 is 5.32 Å². The third-order valence-electron chi connectivity index (χ3n) is 3.08. The Morgan fingerprint density at radius 1 is 1.05 bits per heavy atom. The van der Waals surface area contributed by atoms with E-state index >= 15 is 0 Å². The van der Waals surface area contributed by atoms with Crippen molar-refractivity contribution in [3.8, 4) is 17.0 Å². The Kier molecular flexibility index (Phi) is 3.37. The second kappa shape index (κ2) is 5.48. The number of nitrogens with zero attached hydrogens (tertiary/aromatic N) is 1. The molecule has 0 aliphatic heterocycles. The predicted molar refractivity (Wildman–Crippen MR) is 79.5 cm³/mol. The van der Waals surface area contributed by atoms with Crippen molar-refractivity contribution in [2.24, 2.45) is 0 Å².